The minimum Gasteiger partial charge on any atom is -0.465 e. The van der Waals surface area contributed by atoms with Gasteiger partial charge in [-0.25, -0.2) is 9.97 Å². The lowest BCUT2D eigenvalue weighted by Crippen LogP contribution is -2.27. The first-order chi connectivity index (χ1) is 8.29. The molecule has 0 bridgehead atoms. The number of carbonyl (C=O) groups excluding carboxylic acids is 1. The van der Waals surface area contributed by atoms with Crippen LogP contribution < -0.4 is 15.4 Å². The number of fused-ring (bicyclic) bond motifs is 1. The van der Waals surface area contributed by atoms with E-state index in [-0.39, 0.29) is 30.8 Å². The lowest BCUT2D eigenvalue weighted by molar-refractivity contribution is -0.118. The van der Waals surface area contributed by atoms with E-state index in [2.05, 4.69) is 30.8 Å². The summed E-state index contributed by atoms with van der Waals surface area (Å²) in [5.74, 6) is 0.697. The van der Waals surface area contributed by atoms with Crippen LogP contribution in [-0.4, -0.2) is 35.6 Å². The monoisotopic (exact) mass is 239 g/mol. The van der Waals surface area contributed by atoms with Gasteiger partial charge < -0.3 is 20.2 Å². The Hall–Kier alpha value is -2.45. The highest BCUT2D eigenvalue weighted by molar-refractivity contribution is 5.93. The molecule has 0 aliphatic carbocycles. The minimum absolute atomic E-state index is 0.0622. The number of nitrogens with zero attached hydrogens (tertiary/aromatic N) is 3. The number of nitrogens with one attached hydrogen (secondary N) is 2. The molecule has 1 amide bonds. The molecule has 1 aliphatic heterocycles. The highest BCUT2D eigenvalue weighted by Crippen LogP contribution is 2.23. The average molecular weight is 239 g/mol. The van der Waals surface area contributed by atoms with Crippen LogP contribution in [0.2, 0.25) is 0 Å². The van der Waals surface area contributed by atoms with Crippen LogP contribution >= 0.6 is 0 Å². The molecule has 0 fully saturated rings. The molecule has 0 spiro atoms. The number of anilines is 2. The topological polar surface area (TPSA) is 115 Å². The van der Waals surface area contributed by atoms with Crippen molar-refractivity contribution in [1.29, 1.82) is 0 Å². The van der Waals surface area contributed by atoms with Gasteiger partial charge in [0, 0.05) is 0 Å². The Morgan fingerprint density at radius 2 is 2.53 bits per heavy atom. The molecule has 17 heavy (non-hydrogen) atoms. The second-order valence-electron chi connectivity index (χ2n) is 3.08. The molecule has 9 nitrogen and oxygen atoms in total. The second kappa shape index (κ2) is 5.05. The van der Waals surface area contributed by atoms with Crippen molar-refractivity contribution < 1.29 is 14.4 Å². The summed E-state index contributed by atoms with van der Waals surface area (Å²) in [6.45, 7) is 0.395. The normalized spacial score (nSPS) is 13.1. The molecule has 0 saturated heterocycles. The molecular formula is C8H9N5O4. The van der Waals surface area contributed by atoms with Crippen molar-refractivity contribution in [3.05, 3.63) is 11.1 Å². The fourth-order valence-electron chi connectivity index (χ4n) is 1.21. The van der Waals surface area contributed by atoms with E-state index in [9.17, 15) is 9.70 Å². The Morgan fingerprint density at radius 1 is 1.65 bits per heavy atom. The Labute approximate surface area is 95.5 Å². The van der Waals surface area contributed by atoms with Crippen LogP contribution in [0.15, 0.2) is 11.5 Å². The van der Waals surface area contributed by atoms with Crippen molar-refractivity contribution in [1.82, 2.24) is 9.97 Å². The first-order valence-electron chi connectivity index (χ1n) is 4.78. The molecule has 2 rings (SSSR count). The van der Waals surface area contributed by atoms with Gasteiger partial charge in [-0.05, 0) is 0 Å². The van der Waals surface area contributed by atoms with Crippen LogP contribution in [0, 0.1) is 4.91 Å². The average Bonchev–Trinajstić information content (AvgIpc) is 2.34. The molecule has 1 aromatic rings. The number of hydrogen-bond donors (Lipinski definition) is 2. The van der Waals surface area contributed by atoms with E-state index in [0.717, 1.165) is 0 Å². The van der Waals surface area contributed by atoms with E-state index in [0.29, 0.717) is 12.4 Å². The number of carbonyl (C=O) groups is 1. The first kappa shape index (κ1) is 11.0. The van der Waals surface area contributed by atoms with Crippen molar-refractivity contribution in [2.45, 2.75) is 0 Å². The number of aromatic nitrogens is 2. The van der Waals surface area contributed by atoms with Gasteiger partial charge in [-0.15, -0.1) is 4.91 Å². The smallest absolute Gasteiger partial charge is 0.263 e. The summed E-state index contributed by atoms with van der Waals surface area (Å²) >= 11 is 0. The van der Waals surface area contributed by atoms with Crippen molar-refractivity contribution in [3.63, 3.8) is 0 Å². The maximum absolute atomic E-state index is 11.0. The third kappa shape index (κ3) is 2.77. The predicted molar refractivity (Wildman–Crippen MR) is 56.4 cm³/mol. The fraction of sp³-hybridized carbons (Fsp3) is 0.375. The number of rotatable bonds is 5. The van der Waals surface area contributed by atoms with Crippen molar-refractivity contribution in [2.75, 3.05) is 30.4 Å². The van der Waals surface area contributed by atoms with Gasteiger partial charge in [-0.1, -0.05) is 0 Å². The van der Waals surface area contributed by atoms with Gasteiger partial charge in [0.2, 0.25) is 0 Å². The lowest BCUT2D eigenvalue weighted by Gasteiger charge is -2.16. The summed E-state index contributed by atoms with van der Waals surface area (Å²) < 4.78 is 5.04. The molecule has 9 heteroatoms. The van der Waals surface area contributed by atoms with Gasteiger partial charge in [0.05, 0.1) is 12.7 Å². The van der Waals surface area contributed by atoms with Crippen LogP contribution in [-0.2, 0) is 9.63 Å². The zero-order valence-corrected chi connectivity index (χ0v) is 8.67. The lowest BCUT2D eigenvalue weighted by atomic mass is 10.5. The standard InChI is InChI=1S/C8H9N5O4/c14-6-4-16-8-7(12-6)11-5(3-10-8)9-1-2-17-13-15/h3H,1-2,4H2,(H2,9,11,12,14). The molecule has 1 aliphatic rings. The summed E-state index contributed by atoms with van der Waals surface area (Å²) in [5, 5.41) is 7.61. The van der Waals surface area contributed by atoms with Crippen molar-refractivity contribution in [2.24, 2.45) is 5.34 Å². The van der Waals surface area contributed by atoms with E-state index in [1.165, 1.54) is 6.20 Å². The molecule has 0 atom stereocenters. The van der Waals surface area contributed by atoms with Crippen molar-refractivity contribution >= 4 is 17.5 Å². The molecule has 90 valence electrons. The summed E-state index contributed by atoms with van der Waals surface area (Å²) in [4.78, 5) is 33.0. The number of hydrogen-bond acceptors (Lipinski definition) is 8. The molecule has 1 aromatic heterocycles. The van der Waals surface area contributed by atoms with E-state index >= 15 is 0 Å². The summed E-state index contributed by atoms with van der Waals surface area (Å²) in [7, 11) is 0. The summed E-state index contributed by atoms with van der Waals surface area (Å²) in [6.07, 6.45) is 1.45. The molecule has 2 N–H and O–H groups in total. The Balaban J connectivity index is 1.98. The second-order valence-corrected chi connectivity index (χ2v) is 3.08. The maximum Gasteiger partial charge on any atom is 0.263 e. The zero-order chi connectivity index (χ0) is 12.1. The fourth-order valence-corrected chi connectivity index (χ4v) is 1.21. The molecule has 0 unspecified atom stereocenters. The molecule has 0 saturated carbocycles. The van der Waals surface area contributed by atoms with Crippen LogP contribution in [0.5, 0.6) is 5.88 Å². The molecule has 2 heterocycles. The van der Waals surface area contributed by atoms with E-state index < -0.39 is 0 Å². The van der Waals surface area contributed by atoms with Gasteiger partial charge in [-0.3, -0.25) is 4.79 Å². The van der Waals surface area contributed by atoms with E-state index in [4.69, 9.17) is 4.74 Å². The Kier molecular flexibility index (Phi) is 3.28. The number of ether oxygens (including phenoxy) is 1. The van der Waals surface area contributed by atoms with Crippen LogP contribution in [0.25, 0.3) is 0 Å². The maximum atomic E-state index is 11.0. The van der Waals surface area contributed by atoms with Gasteiger partial charge in [-0.2, -0.15) is 0 Å². The van der Waals surface area contributed by atoms with Crippen LogP contribution in [0.1, 0.15) is 0 Å². The third-order valence-corrected chi connectivity index (χ3v) is 1.89. The molecule has 0 radical (unpaired) electrons. The van der Waals surface area contributed by atoms with Gasteiger partial charge in [0.25, 0.3) is 11.8 Å². The number of amides is 1. The quantitative estimate of drug-likeness (QED) is 0.419. The summed E-state index contributed by atoms with van der Waals surface area (Å²) in [5.41, 5.74) is 0. The van der Waals surface area contributed by atoms with Crippen molar-refractivity contribution in [3.8, 4) is 5.88 Å². The SMILES string of the molecule is O=NOCCNc1cnc2c(n1)NC(=O)CO2. The van der Waals surface area contributed by atoms with E-state index in [1.807, 2.05) is 0 Å². The largest absolute Gasteiger partial charge is 0.465 e. The van der Waals surface area contributed by atoms with E-state index in [1.54, 1.807) is 0 Å². The highest BCUT2D eigenvalue weighted by atomic mass is 16.7. The van der Waals surface area contributed by atoms with Gasteiger partial charge in [0.15, 0.2) is 17.8 Å². The third-order valence-electron chi connectivity index (χ3n) is 1.89. The summed E-state index contributed by atoms with van der Waals surface area (Å²) in [6, 6.07) is 0. The highest BCUT2D eigenvalue weighted by Gasteiger charge is 2.18. The van der Waals surface area contributed by atoms with Gasteiger partial charge >= 0.3 is 0 Å². The Bertz CT molecular complexity index is 438. The van der Waals surface area contributed by atoms with Crippen LogP contribution in [0.4, 0.5) is 11.6 Å². The molecule has 0 aromatic carbocycles. The zero-order valence-electron chi connectivity index (χ0n) is 8.67. The first-order valence-corrected chi connectivity index (χ1v) is 4.78. The Morgan fingerprint density at radius 3 is 3.35 bits per heavy atom. The molecular weight excluding hydrogens is 230 g/mol. The van der Waals surface area contributed by atoms with Gasteiger partial charge in [0.1, 0.15) is 12.4 Å². The van der Waals surface area contributed by atoms with Crippen LogP contribution in [0.3, 0.4) is 0 Å². The predicted octanol–water partition coefficient (Wildman–Crippen LogP) is -0.0826. The minimum atomic E-state index is -0.280.